The van der Waals surface area contributed by atoms with E-state index in [1.807, 2.05) is 26.8 Å². The molecule has 0 spiro atoms. The standard InChI is InChI=1S/C15H19N5O/c1-4-11-12(5-2)19-20-15(13(11)14(16)17)21-10-7-6-9(3)18-8-10/h6-8H,4-5H2,1-3H3,(H3,16,17). The Bertz CT molecular complexity index is 652. The summed E-state index contributed by atoms with van der Waals surface area (Å²) in [5, 5.41) is 16.1. The number of nitrogens with two attached hydrogens (primary N) is 1. The van der Waals surface area contributed by atoms with E-state index in [1.165, 1.54) is 0 Å². The number of ether oxygens (including phenoxy) is 1. The van der Waals surface area contributed by atoms with Crippen LogP contribution in [0.3, 0.4) is 0 Å². The molecule has 0 aliphatic rings. The van der Waals surface area contributed by atoms with Gasteiger partial charge in [0.25, 0.3) is 0 Å². The van der Waals surface area contributed by atoms with E-state index in [9.17, 15) is 0 Å². The molecule has 2 heterocycles. The minimum atomic E-state index is -0.0634. The molecule has 0 radical (unpaired) electrons. The second-order valence-electron chi connectivity index (χ2n) is 4.66. The summed E-state index contributed by atoms with van der Waals surface area (Å²) in [7, 11) is 0. The van der Waals surface area contributed by atoms with Gasteiger partial charge in [0, 0.05) is 5.69 Å². The maximum Gasteiger partial charge on any atom is 0.250 e. The van der Waals surface area contributed by atoms with E-state index in [0.717, 1.165) is 29.8 Å². The van der Waals surface area contributed by atoms with Gasteiger partial charge >= 0.3 is 0 Å². The van der Waals surface area contributed by atoms with Crippen molar-refractivity contribution in [3.63, 3.8) is 0 Å². The van der Waals surface area contributed by atoms with E-state index in [1.54, 1.807) is 12.3 Å². The maximum atomic E-state index is 7.81. The van der Waals surface area contributed by atoms with Crippen molar-refractivity contribution in [2.45, 2.75) is 33.6 Å². The van der Waals surface area contributed by atoms with E-state index in [0.29, 0.717) is 11.3 Å². The average molecular weight is 285 g/mol. The van der Waals surface area contributed by atoms with Crippen molar-refractivity contribution in [2.75, 3.05) is 0 Å². The van der Waals surface area contributed by atoms with Gasteiger partial charge in [0.15, 0.2) is 0 Å². The lowest BCUT2D eigenvalue weighted by molar-refractivity contribution is 0.449. The van der Waals surface area contributed by atoms with Crippen LogP contribution in [0.5, 0.6) is 11.6 Å². The first kappa shape index (κ1) is 14.9. The lowest BCUT2D eigenvalue weighted by Gasteiger charge is -2.14. The lowest BCUT2D eigenvalue weighted by atomic mass is 10.0. The molecule has 0 aliphatic heterocycles. The first-order valence-electron chi connectivity index (χ1n) is 6.90. The number of pyridine rings is 1. The van der Waals surface area contributed by atoms with Gasteiger partial charge in [-0.25, -0.2) is 0 Å². The minimum absolute atomic E-state index is 0.0634. The normalized spacial score (nSPS) is 10.4. The number of hydrogen-bond acceptors (Lipinski definition) is 5. The van der Waals surface area contributed by atoms with Crippen molar-refractivity contribution < 1.29 is 4.74 Å². The van der Waals surface area contributed by atoms with Crippen LogP contribution in [-0.4, -0.2) is 21.0 Å². The monoisotopic (exact) mass is 285 g/mol. The largest absolute Gasteiger partial charge is 0.435 e. The molecule has 0 bridgehead atoms. The van der Waals surface area contributed by atoms with Crippen molar-refractivity contribution in [2.24, 2.45) is 5.73 Å². The first-order valence-corrected chi connectivity index (χ1v) is 6.90. The summed E-state index contributed by atoms with van der Waals surface area (Å²) in [6.07, 6.45) is 3.07. The smallest absolute Gasteiger partial charge is 0.250 e. The Labute approximate surface area is 123 Å². The highest BCUT2D eigenvalue weighted by Gasteiger charge is 2.18. The number of hydrogen-bond donors (Lipinski definition) is 2. The quantitative estimate of drug-likeness (QED) is 0.649. The molecule has 3 N–H and O–H groups in total. The summed E-state index contributed by atoms with van der Waals surface area (Å²) in [6, 6.07) is 3.64. The van der Waals surface area contributed by atoms with Crippen LogP contribution >= 0.6 is 0 Å². The van der Waals surface area contributed by atoms with Gasteiger partial charge in [-0.2, -0.15) is 5.10 Å². The molecule has 0 amide bonds. The van der Waals surface area contributed by atoms with Crippen molar-refractivity contribution in [1.29, 1.82) is 5.41 Å². The van der Waals surface area contributed by atoms with Gasteiger partial charge in [0.05, 0.1) is 17.5 Å². The van der Waals surface area contributed by atoms with Crippen molar-refractivity contribution >= 4 is 5.84 Å². The van der Waals surface area contributed by atoms with Crippen LogP contribution in [0.1, 0.15) is 36.4 Å². The Balaban J connectivity index is 2.48. The fraction of sp³-hybridized carbons (Fsp3) is 0.333. The van der Waals surface area contributed by atoms with E-state index in [-0.39, 0.29) is 11.7 Å². The highest BCUT2D eigenvalue weighted by molar-refractivity contribution is 5.98. The summed E-state index contributed by atoms with van der Waals surface area (Å²) in [4.78, 5) is 4.17. The number of rotatable bonds is 5. The van der Waals surface area contributed by atoms with Crippen LogP contribution in [0.15, 0.2) is 18.3 Å². The predicted octanol–water partition coefficient (Wildman–Crippen LogP) is 2.38. The van der Waals surface area contributed by atoms with Gasteiger partial charge in [-0.05, 0) is 37.5 Å². The van der Waals surface area contributed by atoms with Crippen LogP contribution in [0.25, 0.3) is 0 Å². The van der Waals surface area contributed by atoms with Gasteiger partial charge in [-0.15, -0.1) is 5.10 Å². The molecule has 110 valence electrons. The van der Waals surface area contributed by atoms with Crippen molar-refractivity contribution in [3.8, 4) is 11.6 Å². The Hall–Kier alpha value is -2.50. The fourth-order valence-electron chi connectivity index (χ4n) is 2.13. The summed E-state index contributed by atoms with van der Waals surface area (Å²) in [5.41, 5.74) is 8.89. The first-order chi connectivity index (χ1) is 10.1. The Morgan fingerprint density at radius 3 is 2.52 bits per heavy atom. The highest BCUT2D eigenvalue weighted by atomic mass is 16.5. The van der Waals surface area contributed by atoms with Crippen molar-refractivity contribution in [1.82, 2.24) is 15.2 Å². The van der Waals surface area contributed by atoms with Crippen LogP contribution in [0.4, 0.5) is 0 Å². The molecule has 0 fully saturated rings. The van der Waals surface area contributed by atoms with Crippen LogP contribution in [0.2, 0.25) is 0 Å². The molecule has 2 aromatic heterocycles. The molecule has 2 aromatic rings. The Morgan fingerprint density at radius 2 is 2.00 bits per heavy atom. The summed E-state index contributed by atoms with van der Waals surface area (Å²) in [5.74, 6) is 0.734. The molecule has 0 aromatic carbocycles. The second kappa shape index (κ2) is 6.30. The molecule has 2 rings (SSSR count). The van der Waals surface area contributed by atoms with E-state index >= 15 is 0 Å². The molecule has 0 aliphatic carbocycles. The number of aryl methyl sites for hydroxylation is 2. The van der Waals surface area contributed by atoms with Gasteiger partial charge in [-0.3, -0.25) is 10.4 Å². The molecule has 0 saturated carbocycles. The molecule has 0 atom stereocenters. The molecule has 0 unspecified atom stereocenters. The summed E-state index contributed by atoms with van der Waals surface area (Å²) >= 11 is 0. The number of nitrogens with zero attached hydrogens (tertiary/aromatic N) is 3. The van der Waals surface area contributed by atoms with Gasteiger partial charge < -0.3 is 10.5 Å². The molecule has 6 heteroatoms. The molecular weight excluding hydrogens is 266 g/mol. The minimum Gasteiger partial charge on any atom is -0.435 e. The number of nitrogen functional groups attached to an aromatic ring is 1. The average Bonchev–Trinajstić information content (AvgIpc) is 2.48. The molecular formula is C15H19N5O. The number of nitrogens with one attached hydrogen (secondary N) is 1. The fourth-order valence-corrected chi connectivity index (χ4v) is 2.13. The van der Waals surface area contributed by atoms with Crippen molar-refractivity contribution in [3.05, 3.63) is 40.8 Å². The van der Waals surface area contributed by atoms with Crippen LogP contribution in [0, 0.1) is 12.3 Å². The third kappa shape index (κ3) is 3.16. The molecule has 6 nitrogen and oxygen atoms in total. The zero-order valence-electron chi connectivity index (χ0n) is 12.5. The van der Waals surface area contributed by atoms with E-state index < -0.39 is 0 Å². The zero-order valence-corrected chi connectivity index (χ0v) is 12.5. The number of aromatic nitrogens is 3. The van der Waals surface area contributed by atoms with E-state index in [4.69, 9.17) is 15.9 Å². The van der Waals surface area contributed by atoms with Crippen LogP contribution in [-0.2, 0) is 12.8 Å². The molecule has 0 saturated heterocycles. The maximum absolute atomic E-state index is 7.81. The zero-order chi connectivity index (χ0) is 15.4. The predicted molar refractivity (Wildman–Crippen MR) is 80.9 cm³/mol. The van der Waals surface area contributed by atoms with E-state index in [2.05, 4.69) is 15.2 Å². The highest BCUT2D eigenvalue weighted by Crippen LogP contribution is 2.26. The third-order valence-corrected chi connectivity index (χ3v) is 3.18. The lowest BCUT2D eigenvalue weighted by Crippen LogP contribution is -2.18. The second-order valence-corrected chi connectivity index (χ2v) is 4.66. The van der Waals surface area contributed by atoms with Gasteiger partial charge in [0.1, 0.15) is 11.6 Å². The topological polar surface area (TPSA) is 97.8 Å². The third-order valence-electron chi connectivity index (χ3n) is 3.18. The molecule has 21 heavy (non-hydrogen) atoms. The Kier molecular flexibility index (Phi) is 4.47. The van der Waals surface area contributed by atoms with Crippen LogP contribution < -0.4 is 10.5 Å². The SMILES string of the molecule is CCc1nnc(Oc2ccc(C)nc2)c(C(=N)N)c1CC. The number of amidine groups is 1. The summed E-state index contributed by atoms with van der Waals surface area (Å²) < 4.78 is 5.71. The van der Waals surface area contributed by atoms with Gasteiger partial charge in [-0.1, -0.05) is 13.8 Å². The Morgan fingerprint density at radius 1 is 1.24 bits per heavy atom. The summed E-state index contributed by atoms with van der Waals surface area (Å²) in [6.45, 7) is 5.90. The van der Waals surface area contributed by atoms with Gasteiger partial charge in [0.2, 0.25) is 5.88 Å².